The van der Waals surface area contributed by atoms with Crippen LogP contribution in [0.3, 0.4) is 0 Å². The molecule has 4 N–H and O–H groups in total. The molecule has 5 heteroatoms. The van der Waals surface area contributed by atoms with Crippen molar-refractivity contribution in [3.8, 4) is 5.75 Å². The standard InChI is InChI=1S/C14H15N3O2/c1-16-13-8-7-10(9-12(13)15)17-14(18)19-11-5-3-2-4-6-11/h2-9,16H,15H2,1H3,(H,17,18). The molecule has 0 bridgehead atoms. The Balaban J connectivity index is 2.01. The Morgan fingerprint density at radius 3 is 2.53 bits per heavy atom. The van der Waals surface area contributed by atoms with Gasteiger partial charge >= 0.3 is 6.09 Å². The summed E-state index contributed by atoms with van der Waals surface area (Å²) in [6, 6.07) is 14.0. The third-order valence-corrected chi connectivity index (χ3v) is 2.52. The molecule has 0 fully saturated rings. The predicted molar refractivity (Wildman–Crippen MR) is 76.5 cm³/mol. The fraction of sp³-hybridized carbons (Fsp3) is 0.0714. The Labute approximate surface area is 111 Å². The Morgan fingerprint density at radius 1 is 1.16 bits per heavy atom. The summed E-state index contributed by atoms with van der Waals surface area (Å²) in [6.07, 6.45) is -0.553. The molecule has 0 spiro atoms. The van der Waals surface area contributed by atoms with E-state index in [1.165, 1.54) is 0 Å². The largest absolute Gasteiger partial charge is 0.417 e. The van der Waals surface area contributed by atoms with Crippen LogP contribution in [0.2, 0.25) is 0 Å². The molecule has 0 heterocycles. The number of benzene rings is 2. The van der Waals surface area contributed by atoms with Crippen molar-refractivity contribution in [2.75, 3.05) is 23.4 Å². The Hall–Kier alpha value is -2.69. The minimum absolute atomic E-state index is 0.486. The minimum atomic E-state index is -0.553. The van der Waals surface area contributed by atoms with E-state index in [1.54, 1.807) is 49.5 Å². The van der Waals surface area contributed by atoms with E-state index in [0.717, 1.165) is 5.69 Å². The van der Waals surface area contributed by atoms with Gasteiger partial charge in [-0.05, 0) is 30.3 Å². The van der Waals surface area contributed by atoms with Crippen LogP contribution in [0, 0.1) is 0 Å². The van der Waals surface area contributed by atoms with Crippen molar-refractivity contribution < 1.29 is 9.53 Å². The van der Waals surface area contributed by atoms with Gasteiger partial charge in [0, 0.05) is 12.7 Å². The number of nitrogens with two attached hydrogens (primary N) is 1. The van der Waals surface area contributed by atoms with E-state index < -0.39 is 6.09 Å². The SMILES string of the molecule is CNc1ccc(NC(=O)Oc2ccccc2)cc1N. The zero-order valence-electron chi connectivity index (χ0n) is 10.5. The lowest BCUT2D eigenvalue weighted by molar-refractivity contribution is 0.215. The van der Waals surface area contributed by atoms with Crippen LogP contribution in [0.1, 0.15) is 0 Å². The summed E-state index contributed by atoms with van der Waals surface area (Å²) in [6.45, 7) is 0. The molecule has 98 valence electrons. The number of carbonyl (C=O) groups excluding carboxylic acids is 1. The highest BCUT2D eigenvalue weighted by atomic mass is 16.6. The molecule has 5 nitrogen and oxygen atoms in total. The second-order valence-electron chi connectivity index (χ2n) is 3.88. The molecule has 0 aliphatic heterocycles. The molecule has 0 aliphatic rings. The zero-order chi connectivity index (χ0) is 13.7. The van der Waals surface area contributed by atoms with Gasteiger partial charge in [0.1, 0.15) is 5.75 Å². The molecule has 0 unspecified atom stereocenters. The van der Waals surface area contributed by atoms with Gasteiger partial charge in [-0.15, -0.1) is 0 Å². The number of hydrogen-bond donors (Lipinski definition) is 3. The fourth-order valence-corrected chi connectivity index (χ4v) is 1.61. The summed E-state index contributed by atoms with van der Waals surface area (Å²) in [5, 5.41) is 5.56. The van der Waals surface area contributed by atoms with Gasteiger partial charge in [-0.2, -0.15) is 0 Å². The summed E-state index contributed by atoms with van der Waals surface area (Å²) >= 11 is 0. The molecular weight excluding hydrogens is 242 g/mol. The highest BCUT2D eigenvalue weighted by Gasteiger charge is 2.06. The second-order valence-corrected chi connectivity index (χ2v) is 3.88. The summed E-state index contributed by atoms with van der Waals surface area (Å²) in [7, 11) is 1.78. The number of ether oxygens (including phenoxy) is 1. The van der Waals surface area contributed by atoms with Crippen molar-refractivity contribution in [3.63, 3.8) is 0 Å². The fourth-order valence-electron chi connectivity index (χ4n) is 1.61. The van der Waals surface area contributed by atoms with Crippen molar-refractivity contribution >= 4 is 23.2 Å². The van der Waals surface area contributed by atoms with Gasteiger partial charge in [0.05, 0.1) is 11.4 Å². The van der Waals surface area contributed by atoms with Gasteiger partial charge in [0.15, 0.2) is 0 Å². The first-order valence-electron chi connectivity index (χ1n) is 5.80. The number of carbonyl (C=O) groups is 1. The van der Waals surface area contributed by atoms with Crippen LogP contribution in [0.4, 0.5) is 21.9 Å². The van der Waals surface area contributed by atoms with Gasteiger partial charge in [0.25, 0.3) is 0 Å². The Kier molecular flexibility index (Phi) is 3.87. The number of nitrogens with one attached hydrogen (secondary N) is 2. The topological polar surface area (TPSA) is 76.4 Å². The zero-order valence-corrected chi connectivity index (χ0v) is 10.5. The van der Waals surface area contributed by atoms with E-state index in [9.17, 15) is 4.79 Å². The second kappa shape index (κ2) is 5.77. The monoisotopic (exact) mass is 257 g/mol. The van der Waals surface area contributed by atoms with E-state index in [2.05, 4.69) is 10.6 Å². The van der Waals surface area contributed by atoms with E-state index in [1.807, 2.05) is 6.07 Å². The quantitative estimate of drug-likeness (QED) is 0.739. The van der Waals surface area contributed by atoms with Crippen LogP contribution in [-0.2, 0) is 0 Å². The van der Waals surface area contributed by atoms with Gasteiger partial charge in [-0.1, -0.05) is 18.2 Å². The summed E-state index contributed by atoms with van der Waals surface area (Å²) in [5.74, 6) is 0.486. The molecule has 0 saturated carbocycles. The van der Waals surface area contributed by atoms with Crippen molar-refractivity contribution in [3.05, 3.63) is 48.5 Å². The number of nitrogen functional groups attached to an aromatic ring is 1. The maximum atomic E-state index is 11.7. The first-order valence-corrected chi connectivity index (χ1v) is 5.80. The number of para-hydroxylation sites is 1. The van der Waals surface area contributed by atoms with Crippen LogP contribution in [-0.4, -0.2) is 13.1 Å². The van der Waals surface area contributed by atoms with Gasteiger partial charge < -0.3 is 15.8 Å². The highest BCUT2D eigenvalue weighted by Crippen LogP contribution is 2.22. The van der Waals surface area contributed by atoms with Crippen LogP contribution < -0.4 is 21.1 Å². The maximum Gasteiger partial charge on any atom is 0.417 e. The van der Waals surface area contributed by atoms with Crippen LogP contribution in [0.5, 0.6) is 5.75 Å². The molecule has 0 aromatic heterocycles. The molecule has 0 radical (unpaired) electrons. The third-order valence-electron chi connectivity index (χ3n) is 2.52. The number of hydrogen-bond acceptors (Lipinski definition) is 4. The first-order chi connectivity index (χ1) is 9.19. The molecule has 2 rings (SSSR count). The average molecular weight is 257 g/mol. The molecule has 0 saturated heterocycles. The third kappa shape index (κ3) is 3.38. The van der Waals surface area contributed by atoms with Crippen molar-refractivity contribution in [1.82, 2.24) is 0 Å². The van der Waals surface area contributed by atoms with E-state index in [0.29, 0.717) is 17.1 Å². The number of anilines is 3. The lowest BCUT2D eigenvalue weighted by Gasteiger charge is -2.09. The molecule has 0 aliphatic carbocycles. The van der Waals surface area contributed by atoms with Crippen LogP contribution >= 0.6 is 0 Å². The van der Waals surface area contributed by atoms with Crippen molar-refractivity contribution in [2.45, 2.75) is 0 Å². The van der Waals surface area contributed by atoms with Crippen LogP contribution in [0.15, 0.2) is 48.5 Å². The van der Waals surface area contributed by atoms with Crippen LogP contribution in [0.25, 0.3) is 0 Å². The summed E-state index contributed by atoms with van der Waals surface area (Å²) < 4.78 is 5.11. The van der Waals surface area contributed by atoms with E-state index in [4.69, 9.17) is 10.5 Å². The summed E-state index contributed by atoms with van der Waals surface area (Å²) in [4.78, 5) is 11.7. The molecule has 2 aromatic carbocycles. The number of rotatable bonds is 3. The number of amides is 1. The lowest BCUT2D eigenvalue weighted by Crippen LogP contribution is -2.16. The average Bonchev–Trinajstić information content (AvgIpc) is 2.40. The smallest absolute Gasteiger partial charge is 0.410 e. The first kappa shape index (κ1) is 12.8. The Bertz CT molecular complexity index is 570. The lowest BCUT2D eigenvalue weighted by atomic mass is 10.2. The van der Waals surface area contributed by atoms with Crippen molar-refractivity contribution in [1.29, 1.82) is 0 Å². The molecule has 1 amide bonds. The summed E-state index contributed by atoms with van der Waals surface area (Å²) in [5.41, 5.74) is 7.75. The van der Waals surface area contributed by atoms with E-state index >= 15 is 0 Å². The molecule has 19 heavy (non-hydrogen) atoms. The minimum Gasteiger partial charge on any atom is -0.410 e. The predicted octanol–water partition coefficient (Wildman–Crippen LogP) is 2.92. The molecular formula is C14H15N3O2. The Morgan fingerprint density at radius 2 is 1.89 bits per heavy atom. The van der Waals surface area contributed by atoms with Gasteiger partial charge in [-0.25, -0.2) is 4.79 Å². The maximum absolute atomic E-state index is 11.7. The normalized spacial score (nSPS) is 9.74. The highest BCUT2D eigenvalue weighted by molar-refractivity contribution is 5.88. The van der Waals surface area contributed by atoms with Gasteiger partial charge in [-0.3, -0.25) is 5.32 Å². The van der Waals surface area contributed by atoms with Gasteiger partial charge in [0.2, 0.25) is 0 Å². The molecule has 2 aromatic rings. The van der Waals surface area contributed by atoms with Crippen molar-refractivity contribution in [2.24, 2.45) is 0 Å². The molecule has 0 atom stereocenters. The van der Waals surface area contributed by atoms with E-state index in [-0.39, 0.29) is 0 Å².